The molecule has 1 fully saturated rings. The van der Waals surface area contributed by atoms with E-state index in [4.69, 9.17) is 0 Å². The van der Waals surface area contributed by atoms with Crippen LogP contribution < -0.4 is 0 Å². The molecule has 0 N–H and O–H groups in total. The summed E-state index contributed by atoms with van der Waals surface area (Å²) in [6.07, 6.45) is 0. The number of imide groups is 1. The Kier molecular flexibility index (Phi) is 2.81. The summed E-state index contributed by atoms with van der Waals surface area (Å²) >= 11 is 0. The van der Waals surface area contributed by atoms with Crippen molar-refractivity contribution in [3.8, 4) is 0 Å². The number of amides is 2. The number of likely N-dealkylation sites (N-methyl/N-ethyl adjacent to an activating group) is 2. The standard InChI is InChI=1S/C8H14N2O2/c1-3-9-5-7(11)10(4-2)8(12)6-9/h3-6H2,1-2H3. The minimum atomic E-state index is -0.0735. The fraction of sp³-hybridized carbons (Fsp3) is 0.750. The van der Waals surface area contributed by atoms with Gasteiger partial charge in [-0.3, -0.25) is 19.4 Å². The maximum Gasteiger partial charge on any atom is 0.243 e. The highest BCUT2D eigenvalue weighted by Gasteiger charge is 2.28. The van der Waals surface area contributed by atoms with Crippen molar-refractivity contribution in [1.82, 2.24) is 9.80 Å². The molecule has 2 amide bonds. The second-order valence-corrected chi connectivity index (χ2v) is 2.84. The number of hydrogen-bond acceptors (Lipinski definition) is 3. The van der Waals surface area contributed by atoms with Crippen LogP contribution in [0.2, 0.25) is 0 Å². The van der Waals surface area contributed by atoms with Crippen LogP contribution in [0.3, 0.4) is 0 Å². The lowest BCUT2D eigenvalue weighted by atomic mass is 10.3. The van der Waals surface area contributed by atoms with Crippen molar-refractivity contribution in [3.63, 3.8) is 0 Å². The van der Waals surface area contributed by atoms with E-state index in [1.165, 1.54) is 4.90 Å². The van der Waals surface area contributed by atoms with Crippen LogP contribution in [0.1, 0.15) is 13.8 Å². The Hall–Kier alpha value is -0.900. The second-order valence-electron chi connectivity index (χ2n) is 2.84. The molecule has 4 nitrogen and oxygen atoms in total. The van der Waals surface area contributed by atoms with Gasteiger partial charge in [-0.05, 0) is 13.5 Å². The molecule has 1 aliphatic heterocycles. The molecule has 1 aliphatic rings. The molecule has 0 spiro atoms. The van der Waals surface area contributed by atoms with Crippen molar-refractivity contribution < 1.29 is 9.59 Å². The van der Waals surface area contributed by atoms with Crippen LogP contribution in [0, 0.1) is 0 Å². The van der Waals surface area contributed by atoms with Gasteiger partial charge in [-0.1, -0.05) is 6.92 Å². The Morgan fingerprint density at radius 2 is 1.58 bits per heavy atom. The first kappa shape index (κ1) is 9.19. The molecule has 0 aromatic rings. The zero-order valence-electron chi connectivity index (χ0n) is 7.54. The lowest BCUT2D eigenvalue weighted by Crippen LogP contribution is -2.53. The van der Waals surface area contributed by atoms with Gasteiger partial charge in [0.15, 0.2) is 0 Å². The summed E-state index contributed by atoms with van der Waals surface area (Å²) in [5.41, 5.74) is 0. The molecule has 0 aromatic carbocycles. The maximum atomic E-state index is 11.3. The van der Waals surface area contributed by atoms with Gasteiger partial charge >= 0.3 is 0 Å². The van der Waals surface area contributed by atoms with Gasteiger partial charge in [-0.15, -0.1) is 0 Å². The van der Waals surface area contributed by atoms with E-state index in [0.717, 1.165) is 6.54 Å². The monoisotopic (exact) mass is 170 g/mol. The second kappa shape index (κ2) is 3.67. The zero-order valence-corrected chi connectivity index (χ0v) is 7.54. The first-order valence-electron chi connectivity index (χ1n) is 4.24. The van der Waals surface area contributed by atoms with Crippen LogP contribution in [0.25, 0.3) is 0 Å². The van der Waals surface area contributed by atoms with Gasteiger partial charge in [0.05, 0.1) is 13.1 Å². The molecule has 0 saturated carbocycles. The highest BCUT2D eigenvalue weighted by molar-refractivity contribution is 5.99. The number of piperazine rings is 1. The summed E-state index contributed by atoms with van der Waals surface area (Å²) < 4.78 is 0. The van der Waals surface area contributed by atoms with Gasteiger partial charge in [0.25, 0.3) is 0 Å². The van der Waals surface area contributed by atoms with Crippen molar-refractivity contribution in [3.05, 3.63) is 0 Å². The molecule has 4 heteroatoms. The quantitative estimate of drug-likeness (QED) is 0.534. The highest BCUT2D eigenvalue weighted by Crippen LogP contribution is 2.03. The van der Waals surface area contributed by atoms with Crippen molar-refractivity contribution >= 4 is 11.8 Å². The van der Waals surface area contributed by atoms with E-state index in [-0.39, 0.29) is 11.8 Å². The minimum absolute atomic E-state index is 0.0735. The SMILES string of the molecule is CCN1CC(=O)N(CC)C(=O)C1. The Bertz CT molecular complexity index is 185. The molecular weight excluding hydrogens is 156 g/mol. The van der Waals surface area contributed by atoms with Crippen LogP contribution in [-0.4, -0.2) is 47.8 Å². The van der Waals surface area contributed by atoms with Gasteiger partial charge in [0, 0.05) is 6.54 Å². The van der Waals surface area contributed by atoms with E-state index in [0.29, 0.717) is 19.6 Å². The van der Waals surface area contributed by atoms with Crippen LogP contribution in [0.15, 0.2) is 0 Å². The number of rotatable bonds is 2. The molecule has 12 heavy (non-hydrogen) atoms. The third-order valence-electron chi connectivity index (χ3n) is 2.08. The Labute approximate surface area is 72.1 Å². The summed E-state index contributed by atoms with van der Waals surface area (Å²) in [5.74, 6) is -0.147. The highest BCUT2D eigenvalue weighted by atomic mass is 16.2. The van der Waals surface area contributed by atoms with Gasteiger partial charge in [-0.25, -0.2) is 0 Å². The third-order valence-corrected chi connectivity index (χ3v) is 2.08. The molecule has 0 aromatic heterocycles. The fourth-order valence-corrected chi connectivity index (χ4v) is 1.32. The molecule has 68 valence electrons. The summed E-state index contributed by atoms with van der Waals surface area (Å²) in [7, 11) is 0. The smallest absolute Gasteiger partial charge is 0.243 e. The largest absolute Gasteiger partial charge is 0.286 e. The van der Waals surface area contributed by atoms with E-state index in [9.17, 15) is 9.59 Å². The van der Waals surface area contributed by atoms with Crippen LogP contribution >= 0.6 is 0 Å². The molecule has 1 heterocycles. The van der Waals surface area contributed by atoms with E-state index < -0.39 is 0 Å². The molecule has 0 bridgehead atoms. The lowest BCUT2D eigenvalue weighted by Gasteiger charge is -2.30. The van der Waals surface area contributed by atoms with Gasteiger partial charge in [0.2, 0.25) is 11.8 Å². The van der Waals surface area contributed by atoms with Crippen molar-refractivity contribution in [2.75, 3.05) is 26.2 Å². The first-order valence-corrected chi connectivity index (χ1v) is 4.24. The molecule has 0 unspecified atom stereocenters. The molecular formula is C8H14N2O2. The van der Waals surface area contributed by atoms with Crippen LogP contribution in [0.5, 0.6) is 0 Å². The molecule has 0 aliphatic carbocycles. The normalized spacial score (nSPS) is 20.3. The fourth-order valence-electron chi connectivity index (χ4n) is 1.32. The Balaban J connectivity index is 2.63. The van der Waals surface area contributed by atoms with E-state index in [2.05, 4.69) is 0 Å². The predicted molar refractivity (Wildman–Crippen MR) is 44.5 cm³/mol. The number of nitrogens with zero attached hydrogens (tertiary/aromatic N) is 2. The topological polar surface area (TPSA) is 40.6 Å². The van der Waals surface area contributed by atoms with Gasteiger partial charge in [-0.2, -0.15) is 0 Å². The number of carbonyl (C=O) groups is 2. The van der Waals surface area contributed by atoms with E-state index in [1.807, 2.05) is 18.7 Å². The Morgan fingerprint density at radius 1 is 1.08 bits per heavy atom. The van der Waals surface area contributed by atoms with Crippen molar-refractivity contribution in [2.24, 2.45) is 0 Å². The first-order chi connectivity index (χ1) is 5.69. The summed E-state index contributed by atoms with van der Waals surface area (Å²) in [4.78, 5) is 25.7. The zero-order chi connectivity index (χ0) is 9.14. The van der Waals surface area contributed by atoms with Crippen molar-refractivity contribution in [2.45, 2.75) is 13.8 Å². The third kappa shape index (κ3) is 1.64. The predicted octanol–water partition coefficient (Wildman–Crippen LogP) is -0.303. The van der Waals surface area contributed by atoms with Crippen molar-refractivity contribution in [1.29, 1.82) is 0 Å². The summed E-state index contributed by atoms with van der Waals surface area (Å²) in [6, 6.07) is 0. The van der Waals surface area contributed by atoms with Gasteiger partial charge < -0.3 is 0 Å². The maximum absolute atomic E-state index is 11.3. The van der Waals surface area contributed by atoms with Gasteiger partial charge in [0.1, 0.15) is 0 Å². The number of carbonyl (C=O) groups excluding carboxylic acids is 2. The van der Waals surface area contributed by atoms with E-state index >= 15 is 0 Å². The summed E-state index contributed by atoms with van der Waals surface area (Å²) in [5, 5.41) is 0. The average molecular weight is 170 g/mol. The number of hydrogen-bond donors (Lipinski definition) is 0. The Morgan fingerprint density at radius 3 is 1.92 bits per heavy atom. The van der Waals surface area contributed by atoms with Crippen LogP contribution in [-0.2, 0) is 9.59 Å². The average Bonchev–Trinajstić information content (AvgIpc) is 2.03. The van der Waals surface area contributed by atoms with Crippen LogP contribution in [0.4, 0.5) is 0 Å². The summed E-state index contributed by atoms with van der Waals surface area (Å²) in [6.45, 7) is 5.79. The molecule has 1 rings (SSSR count). The van der Waals surface area contributed by atoms with E-state index in [1.54, 1.807) is 0 Å². The molecule has 0 radical (unpaired) electrons. The minimum Gasteiger partial charge on any atom is -0.286 e. The molecule has 0 atom stereocenters. The lowest BCUT2D eigenvalue weighted by molar-refractivity contribution is -0.150. The molecule has 1 saturated heterocycles.